The average molecular weight is 364 g/mol. The van der Waals surface area contributed by atoms with Gasteiger partial charge in [0.05, 0.1) is 33.9 Å². The summed E-state index contributed by atoms with van der Waals surface area (Å²) < 4.78 is 15.2. The van der Waals surface area contributed by atoms with Crippen molar-refractivity contribution in [3.05, 3.63) is 29.8 Å². The van der Waals surface area contributed by atoms with Crippen LogP contribution in [-0.2, 0) is 14.3 Å². The smallest absolute Gasteiger partial charge is 0.307 e. The minimum atomic E-state index is -0.314. The van der Waals surface area contributed by atoms with Crippen LogP contribution in [0.4, 0.5) is 0 Å². The minimum Gasteiger partial charge on any atom is -0.497 e. The predicted molar refractivity (Wildman–Crippen MR) is 97.4 cm³/mol. The van der Waals surface area contributed by atoms with Gasteiger partial charge < -0.3 is 19.1 Å². The SMILES string of the molecule is COC(=O)CCN(CCCN1CCOCC1)C(=O)c1ccc(OC)cc1. The van der Waals surface area contributed by atoms with Crippen molar-refractivity contribution < 1.29 is 23.8 Å². The molecular formula is C19H28N2O5. The summed E-state index contributed by atoms with van der Waals surface area (Å²) in [6.07, 6.45) is 1.04. The Morgan fingerprint density at radius 3 is 2.42 bits per heavy atom. The van der Waals surface area contributed by atoms with Crippen molar-refractivity contribution in [3.8, 4) is 5.75 Å². The first kappa shape index (κ1) is 20.2. The number of methoxy groups -OCH3 is 2. The van der Waals surface area contributed by atoms with E-state index in [1.54, 1.807) is 36.3 Å². The second-order valence-corrected chi connectivity index (χ2v) is 6.15. The van der Waals surface area contributed by atoms with Crippen LogP contribution >= 0.6 is 0 Å². The number of nitrogens with zero attached hydrogens (tertiary/aromatic N) is 2. The Morgan fingerprint density at radius 2 is 1.81 bits per heavy atom. The zero-order valence-electron chi connectivity index (χ0n) is 15.6. The van der Waals surface area contributed by atoms with E-state index in [4.69, 9.17) is 14.2 Å². The van der Waals surface area contributed by atoms with Gasteiger partial charge in [-0.2, -0.15) is 0 Å². The number of carbonyl (C=O) groups excluding carboxylic acids is 2. The Bertz CT molecular complexity index is 570. The van der Waals surface area contributed by atoms with Gasteiger partial charge in [-0.25, -0.2) is 0 Å². The lowest BCUT2D eigenvalue weighted by molar-refractivity contribution is -0.140. The Kier molecular flexibility index (Phi) is 8.37. The second kappa shape index (κ2) is 10.8. The van der Waals surface area contributed by atoms with E-state index in [-0.39, 0.29) is 18.3 Å². The van der Waals surface area contributed by atoms with Crippen LogP contribution < -0.4 is 4.74 Å². The van der Waals surface area contributed by atoms with Crippen LogP contribution in [-0.4, -0.2) is 81.8 Å². The zero-order chi connectivity index (χ0) is 18.8. The number of ether oxygens (including phenoxy) is 3. The Hall–Kier alpha value is -2.12. The van der Waals surface area contributed by atoms with Crippen LogP contribution in [0.25, 0.3) is 0 Å². The fourth-order valence-corrected chi connectivity index (χ4v) is 2.87. The first-order valence-corrected chi connectivity index (χ1v) is 8.94. The molecule has 1 saturated heterocycles. The van der Waals surface area contributed by atoms with Crippen molar-refractivity contribution in [1.29, 1.82) is 0 Å². The molecule has 0 N–H and O–H groups in total. The van der Waals surface area contributed by atoms with Gasteiger partial charge in [-0.1, -0.05) is 0 Å². The van der Waals surface area contributed by atoms with E-state index < -0.39 is 0 Å². The van der Waals surface area contributed by atoms with Crippen LogP contribution in [0, 0.1) is 0 Å². The number of esters is 1. The fraction of sp³-hybridized carbons (Fsp3) is 0.579. The lowest BCUT2D eigenvalue weighted by Gasteiger charge is -2.28. The minimum absolute atomic E-state index is 0.0847. The molecule has 144 valence electrons. The predicted octanol–water partition coefficient (Wildman–Crippen LogP) is 1.42. The molecule has 0 atom stereocenters. The molecule has 0 radical (unpaired) electrons. The Balaban J connectivity index is 1.93. The number of morpholine rings is 1. The van der Waals surface area contributed by atoms with Crippen LogP contribution in [0.15, 0.2) is 24.3 Å². The lowest BCUT2D eigenvalue weighted by Crippen LogP contribution is -2.39. The highest BCUT2D eigenvalue weighted by molar-refractivity contribution is 5.94. The average Bonchev–Trinajstić information content (AvgIpc) is 2.70. The summed E-state index contributed by atoms with van der Waals surface area (Å²) in [6.45, 7) is 5.23. The van der Waals surface area contributed by atoms with Crippen LogP contribution in [0.1, 0.15) is 23.2 Å². The van der Waals surface area contributed by atoms with Crippen molar-refractivity contribution in [3.63, 3.8) is 0 Å². The Morgan fingerprint density at radius 1 is 1.12 bits per heavy atom. The monoisotopic (exact) mass is 364 g/mol. The molecule has 1 aliphatic heterocycles. The molecule has 7 nitrogen and oxygen atoms in total. The molecule has 1 fully saturated rings. The maximum absolute atomic E-state index is 12.8. The molecule has 0 bridgehead atoms. The highest BCUT2D eigenvalue weighted by Gasteiger charge is 2.18. The quantitative estimate of drug-likeness (QED) is 0.618. The summed E-state index contributed by atoms with van der Waals surface area (Å²) in [5.41, 5.74) is 0.585. The second-order valence-electron chi connectivity index (χ2n) is 6.15. The first-order chi connectivity index (χ1) is 12.6. The van der Waals surface area contributed by atoms with Crippen molar-refractivity contribution in [2.24, 2.45) is 0 Å². The van der Waals surface area contributed by atoms with Crippen molar-refractivity contribution in [2.45, 2.75) is 12.8 Å². The third kappa shape index (κ3) is 6.31. The zero-order valence-corrected chi connectivity index (χ0v) is 15.6. The van der Waals surface area contributed by atoms with Gasteiger partial charge in [0.1, 0.15) is 5.75 Å². The summed E-state index contributed by atoms with van der Waals surface area (Å²) in [4.78, 5) is 28.4. The van der Waals surface area contributed by atoms with Gasteiger partial charge in [0.25, 0.3) is 5.91 Å². The van der Waals surface area contributed by atoms with E-state index in [0.717, 1.165) is 39.3 Å². The van der Waals surface area contributed by atoms with E-state index in [0.29, 0.717) is 24.4 Å². The number of amides is 1. The van der Waals surface area contributed by atoms with E-state index in [2.05, 4.69) is 4.90 Å². The molecule has 1 amide bonds. The van der Waals surface area contributed by atoms with Crippen molar-refractivity contribution in [2.75, 3.05) is 60.2 Å². The van der Waals surface area contributed by atoms with Crippen molar-refractivity contribution in [1.82, 2.24) is 9.80 Å². The topological polar surface area (TPSA) is 68.3 Å². The van der Waals surface area contributed by atoms with Gasteiger partial charge in [0, 0.05) is 38.3 Å². The molecule has 1 aromatic rings. The third-order valence-electron chi connectivity index (χ3n) is 4.44. The maximum Gasteiger partial charge on any atom is 0.307 e. The molecule has 26 heavy (non-hydrogen) atoms. The van der Waals surface area contributed by atoms with E-state index >= 15 is 0 Å². The standard InChI is InChI=1S/C19H28N2O5/c1-24-17-6-4-16(5-7-17)19(23)21(11-8-18(22)25-2)10-3-9-20-12-14-26-15-13-20/h4-7H,3,8-15H2,1-2H3. The molecule has 0 saturated carbocycles. The van der Waals surface area contributed by atoms with Crippen molar-refractivity contribution >= 4 is 11.9 Å². The number of carbonyl (C=O) groups is 2. The molecular weight excluding hydrogens is 336 g/mol. The van der Waals surface area contributed by atoms with E-state index in [1.807, 2.05) is 0 Å². The number of hydrogen-bond donors (Lipinski definition) is 0. The maximum atomic E-state index is 12.8. The summed E-state index contributed by atoms with van der Waals surface area (Å²) in [5, 5.41) is 0. The molecule has 1 heterocycles. The van der Waals surface area contributed by atoms with Crippen LogP contribution in [0.3, 0.4) is 0 Å². The largest absolute Gasteiger partial charge is 0.497 e. The van der Waals surface area contributed by atoms with E-state index in [9.17, 15) is 9.59 Å². The van der Waals surface area contributed by atoms with Gasteiger partial charge >= 0.3 is 5.97 Å². The molecule has 0 spiro atoms. The molecule has 1 aromatic carbocycles. The van der Waals surface area contributed by atoms with Gasteiger partial charge in [0.15, 0.2) is 0 Å². The Labute approximate surface area is 154 Å². The molecule has 2 rings (SSSR count). The van der Waals surface area contributed by atoms with Gasteiger partial charge in [-0.05, 0) is 30.7 Å². The summed E-state index contributed by atoms with van der Waals surface area (Å²) >= 11 is 0. The third-order valence-corrected chi connectivity index (χ3v) is 4.44. The normalized spacial score (nSPS) is 14.7. The van der Waals surface area contributed by atoms with Gasteiger partial charge in [-0.3, -0.25) is 14.5 Å². The summed E-state index contributed by atoms with van der Waals surface area (Å²) in [7, 11) is 2.95. The highest BCUT2D eigenvalue weighted by Crippen LogP contribution is 2.14. The van der Waals surface area contributed by atoms with Gasteiger partial charge in [0.2, 0.25) is 0 Å². The highest BCUT2D eigenvalue weighted by atomic mass is 16.5. The summed E-state index contributed by atoms with van der Waals surface area (Å²) in [6, 6.07) is 7.02. The molecule has 1 aliphatic rings. The number of benzene rings is 1. The van der Waals surface area contributed by atoms with Gasteiger partial charge in [-0.15, -0.1) is 0 Å². The fourth-order valence-electron chi connectivity index (χ4n) is 2.87. The first-order valence-electron chi connectivity index (χ1n) is 8.94. The number of rotatable bonds is 9. The molecule has 0 aliphatic carbocycles. The summed E-state index contributed by atoms with van der Waals surface area (Å²) in [5.74, 6) is 0.305. The van der Waals surface area contributed by atoms with E-state index in [1.165, 1.54) is 7.11 Å². The molecule has 0 aromatic heterocycles. The molecule has 0 unspecified atom stereocenters. The molecule has 7 heteroatoms. The number of hydrogen-bond acceptors (Lipinski definition) is 6. The van der Waals surface area contributed by atoms with Crippen LogP contribution in [0.2, 0.25) is 0 Å². The van der Waals surface area contributed by atoms with Crippen LogP contribution in [0.5, 0.6) is 5.75 Å². The lowest BCUT2D eigenvalue weighted by atomic mass is 10.1.